The van der Waals surface area contributed by atoms with Gasteiger partial charge >= 0.3 is 0 Å². The van der Waals surface area contributed by atoms with Crippen LogP contribution in [-0.4, -0.2) is 23.3 Å². The summed E-state index contributed by atoms with van der Waals surface area (Å²) < 4.78 is 20.6. The zero-order valence-electron chi connectivity index (χ0n) is 20.5. The van der Waals surface area contributed by atoms with Gasteiger partial charge in [-0.3, -0.25) is 4.03 Å². The van der Waals surface area contributed by atoms with E-state index in [0.717, 1.165) is 15.9 Å². The minimum absolute atomic E-state index is 0.0333. The smallest absolute Gasteiger partial charge is 0.260 e. The van der Waals surface area contributed by atoms with Crippen molar-refractivity contribution in [2.45, 2.75) is 36.8 Å². The lowest BCUT2D eigenvalue weighted by molar-refractivity contribution is 0.202. The topological polar surface area (TPSA) is 49.7 Å². The second kappa shape index (κ2) is 10.3. The molecule has 4 rings (SSSR count). The summed E-state index contributed by atoms with van der Waals surface area (Å²) in [5.74, 6) is 0.0333. The van der Waals surface area contributed by atoms with E-state index in [2.05, 4.69) is 45.0 Å². The normalized spacial score (nSPS) is 14.6. The number of hydrogen-bond donors (Lipinski definition) is 1. The first-order chi connectivity index (χ1) is 16.8. The van der Waals surface area contributed by atoms with Gasteiger partial charge in [-0.2, -0.15) is 0 Å². The van der Waals surface area contributed by atoms with Crippen LogP contribution in [0.25, 0.3) is 0 Å². The van der Waals surface area contributed by atoms with E-state index >= 15 is 4.21 Å². The molecule has 0 heterocycles. The molecule has 35 heavy (non-hydrogen) atoms. The van der Waals surface area contributed by atoms with Crippen LogP contribution < -0.4 is 10.4 Å². The fourth-order valence-electron chi connectivity index (χ4n) is 4.66. The Labute approximate surface area is 210 Å². The summed E-state index contributed by atoms with van der Waals surface area (Å²) in [7, 11) is -6.01. The summed E-state index contributed by atoms with van der Waals surface area (Å²) in [5.41, 5.74) is 0.744. The molecule has 0 aliphatic carbocycles. The van der Waals surface area contributed by atoms with Crippen LogP contribution in [0.15, 0.2) is 130 Å². The Morgan fingerprint density at radius 3 is 1.54 bits per heavy atom. The molecule has 2 atom stereocenters. The van der Waals surface area contributed by atoms with E-state index in [1.807, 2.05) is 97.1 Å². The van der Waals surface area contributed by atoms with E-state index in [9.17, 15) is 5.11 Å². The number of rotatable bonds is 7. The molecule has 0 aliphatic rings. The molecule has 0 aliphatic heterocycles. The number of hydrogen-bond acceptors (Lipinski definition) is 3. The number of aliphatic hydroxyl groups excluding tert-OH is 1. The van der Waals surface area contributed by atoms with Gasteiger partial charge in [0.1, 0.15) is 0 Å². The van der Waals surface area contributed by atoms with Gasteiger partial charge in [-0.15, -0.1) is 0 Å². The molecule has 0 fully saturated rings. The molecular weight excluding hydrogens is 466 g/mol. The Morgan fingerprint density at radius 1 is 0.714 bits per heavy atom. The molecule has 180 valence electrons. The van der Waals surface area contributed by atoms with E-state index < -0.39 is 24.1 Å². The summed E-state index contributed by atoms with van der Waals surface area (Å²) in [5, 5.41) is 13.2. The van der Waals surface area contributed by atoms with Gasteiger partial charge < -0.3 is 5.11 Å². The summed E-state index contributed by atoms with van der Waals surface area (Å²) in [4.78, 5) is 0.656. The first kappa shape index (κ1) is 25.1. The van der Waals surface area contributed by atoms with Crippen molar-refractivity contribution in [2.24, 2.45) is 4.03 Å². The molecule has 3 nitrogen and oxygen atoms in total. The van der Waals surface area contributed by atoms with E-state index in [4.69, 9.17) is 4.03 Å². The lowest BCUT2D eigenvalue weighted by Crippen LogP contribution is -2.63. The highest BCUT2D eigenvalue weighted by atomic mass is 32.2. The highest BCUT2D eigenvalue weighted by Gasteiger charge is 2.50. The van der Waals surface area contributed by atoms with Crippen LogP contribution in [0.4, 0.5) is 0 Å². The minimum Gasteiger partial charge on any atom is -0.387 e. The fourth-order valence-corrected chi connectivity index (χ4v) is 13.9. The van der Waals surface area contributed by atoms with Crippen molar-refractivity contribution < 1.29 is 9.32 Å². The molecule has 0 bridgehead atoms. The fraction of sp³-hybridized carbons (Fsp3) is 0.200. The van der Waals surface area contributed by atoms with Gasteiger partial charge in [0.2, 0.25) is 0 Å². The SMILES string of the molecule is CC(C)(C)[Si](N=[S@@](=O)(C[C@H](O)c1ccccc1)c1ccccc1)(c1ccccc1)c1ccccc1. The summed E-state index contributed by atoms with van der Waals surface area (Å²) in [6.07, 6.45) is -0.897. The molecule has 0 saturated carbocycles. The first-order valence-electron chi connectivity index (χ1n) is 11.9. The zero-order chi connectivity index (χ0) is 24.9. The molecular formula is C30H33NO2SSi. The maximum Gasteiger partial charge on any atom is 0.260 e. The molecule has 0 spiro atoms. The van der Waals surface area contributed by atoms with Gasteiger partial charge in [-0.1, -0.05) is 130 Å². The van der Waals surface area contributed by atoms with Crippen molar-refractivity contribution in [3.05, 3.63) is 127 Å². The van der Waals surface area contributed by atoms with Gasteiger partial charge in [0, 0.05) is 4.90 Å². The third-order valence-electron chi connectivity index (χ3n) is 6.43. The maximum absolute atomic E-state index is 15.1. The average Bonchev–Trinajstić information content (AvgIpc) is 2.88. The quantitative estimate of drug-likeness (QED) is 0.326. The molecule has 0 radical (unpaired) electrons. The highest BCUT2D eigenvalue weighted by molar-refractivity contribution is 7.94. The Morgan fingerprint density at radius 2 is 1.11 bits per heavy atom. The third kappa shape index (κ3) is 5.17. The third-order valence-corrected chi connectivity index (χ3v) is 15.0. The van der Waals surface area contributed by atoms with E-state index in [1.54, 1.807) is 0 Å². The Balaban J connectivity index is 2.05. The number of aliphatic hydroxyl groups is 1. The molecule has 1 N–H and O–H groups in total. The van der Waals surface area contributed by atoms with Gasteiger partial charge in [0.25, 0.3) is 8.24 Å². The van der Waals surface area contributed by atoms with Crippen LogP contribution in [0, 0.1) is 0 Å². The monoisotopic (exact) mass is 499 g/mol. The lowest BCUT2D eigenvalue weighted by atomic mass is 10.1. The number of benzene rings is 4. The predicted octanol–water partition coefficient (Wildman–Crippen LogP) is 5.81. The molecule has 4 aromatic rings. The van der Waals surface area contributed by atoms with E-state index in [0.29, 0.717) is 4.90 Å². The second-order valence-electron chi connectivity index (χ2n) is 9.83. The van der Waals surface area contributed by atoms with Crippen LogP contribution in [-0.2, 0) is 9.73 Å². The zero-order valence-corrected chi connectivity index (χ0v) is 22.4. The van der Waals surface area contributed by atoms with Crippen molar-refractivity contribution in [1.82, 2.24) is 0 Å². The van der Waals surface area contributed by atoms with E-state index in [1.165, 1.54) is 0 Å². The van der Waals surface area contributed by atoms with Gasteiger partial charge in [-0.25, -0.2) is 4.21 Å². The Hall–Kier alpha value is -2.99. The largest absolute Gasteiger partial charge is 0.387 e. The average molecular weight is 500 g/mol. The van der Waals surface area contributed by atoms with Crippen LogP contribution in [0.1, 0.15) is 32.4 Å². The predicted molar refractivity (Wildman–Crippen MR) is 149 cm³/mol. The molecule has 0 unspecified atom stereocenters. The van der Waals surface area contributed by atoms with Crippen LogP contribution in [0.3, 0.4) is 0 Å². The standard InChI is InChI=1S/C30H33NO2SSi/c1-30(2,3)35(27-20-12-6-13-21-27,28-22-14-7-15-23-28)31-34(33,26-18-10-5-11-19-26)24-29(32)25-16-8-4-9-17-25/h4-23,29,32H,24H2,1-3H3/t29-,34+/m0/s1. The Kier molecular flexibility index (Phi) is 7.41. The summed E-state index contributed by atoms with van der Waals surface area (Å²) >= 11 is 0. The van der Waals surface area contributed by atoms with Crippen molar-refractivity contribution in [2.75, 3.05) is 5.75 Å². The summed E-state index contributed by atoms with van der Waals surface area (Å²) in [6, 6.07) is 39.5. The van der Waals surface area contributed by atoms with Gasteiger partial charge in [0.05, 0.1) is 21.6 Å². The molecule has 0 amide bonds. The Bertz CT molecular complexity index is 1310. The van der Waals surface area contributed by atoms with Gasteiger partial charge in [0.15, 0.2) is 0 Å². The lowest BCUT2D eigenvalue weighted by Gasteiger charge is -2.40. The van der Waals surface area contributed by atoms with Crippen LogP contribution >= 0.6 is 0 Å². The summed E-state index contributed by atoms with van der Waals surface area (Å²) in [6.45, 7) is 6.59. The minimum atomic E-state index is -3.02. The number of nitrogens with zero attached hydrogens (tertiary/aromatic N) is 1. The van der Waals surface area contributed by atoms with Crippen LogP contribution in [0.5, 0.6) is 0 Å². The second-order valence-corrected chi connectivity index (χ2v) is 16.7. The van der Waals surface area contributed by atoms with Crippen molar-refractivity contribution in [1.29, 1.82) is 0 Å². The molecule has 0 aromatic heterocycles. The van der Waals surface area contributed by atoms with Gasteiger partial charge in [-0.05, 0) is 33.1 Å². The highest BCUT2D eigenvalue weighted by Crippen LogP contribution is 2.39. The van der Waals surface area contributed by atoms with Crippen LogP contribution in [0.2, 0.25) is 5.04 Å². The van der Waals surface area contributed by atoms with E-state index in [-0.39, 0.29) is 10.8 Å². The maximum atomic E-state index is 15.1. The first-order valence-corrected chi connectivity index (χ1v) is 15.5. The van der Waals surface area contributed by atoms with Crippen molar-refractivity contribution in [3.63, 3.8) is 0 Å². The molecule has 4 aromatic carbocycles. The van der Waals surface area contributed by atoms with Crippen molar-refractivity contribution in [3.8, 4) is 0 Å². The molecule has 5 heteroatoms. The van der Waals surface area contributed by atoms with Crippen molar-refractivity contribution >= 4 is 28.3 Å². The molecule has 0 saturated heterocycles.